The van der Waals surface area contributed by atoms with E-state index in [0.29, 0.717) is 6.54 Å². The highest BCUT2D eigenvalue weighted by Gasteiger charge is 2.20. The molecule has 1 aliphatic rings. The maximum atomic E-state index is 12.7. The molecule has 1 fully saturated rings. The molecule has 3 aromatic carbocycles. The van der Waals surface area contributed by atoms with Crippen molar-refractivity contribution in [2.24, 2.45) is 7.05 Å². The van der Waals surface area contributed by atoms with Crippen molar-refractivity contribution in [1.82, 2.24) is 24.3 Å². The molecular formula is C32H36N6O. The van der Waals surface area contributed by atoms with Crippen molar-refractivity contribution in [3.63, 3.8) is 0 Å². The van der Waals surface area contributed by atoms with Crippen LogP contribution in [0.2, 0.25) is 0 Å². The van der Waals surface area contributed by atoms with Gasteiger partial charge in [0.25, 0.3) is 0 Å². The number of rotatable bonds is 8. The SMILES string of the molecule is CN(C)/C=C/N1CCN(CC(=O)Nc2ccc(-c3nc(-c4ccccc4)c(-c4ccccc4)n3C)cc2)CC1. The summed E-state index contributed by atoms with van der Waals surface area (Å²) in [6.07, 6.45) is 4.17. The standard InChI is InChI=1S/C32H36N6O/c1-35(2)18-19-37-20-22-38(23-21-37)24-29(39)33-28-16-14-27(15-17-28)32-34-30(25-10-6-4-7-11-25)31(36(32)3)26-12-8-5-9-13-26/h4-19H,20-24H2,1-3H3,(H,33,39)/b19-18+. The van der Waals surface area contributed by atoms with Gasteiger partial charge in [0.2, 0.25) is 5.91 Å². The number of amides is 1. The van der Waals surface area contributed by atoms with Crippen LogP contribution in [0.15, 0.2) is 97.3 Å². The van der Waals surface area contributed by atoms with Crippen molar-refractivity contribution in [1.29, 1.82) is 0 Å². The Kier molecular flexibility index (Phi) is 8.08. The van der Waals surface area contributed by atoms with Gasteiger partial charge in [-0.2, -0.15) is 0 Å². The first-order valence-electron chi connectivity index (χ1n) is 13.4. The van der Waals surface area contributed by atoms with Crippen molar-refractivity contribution in [2.75, 3.05) is 52.1 Å². The third-order valence-electron chi connectivity index (χ3n) is 6.97. The number of benzene rings is 3. The van der Waals surface area contributed by atoms with Gasteiger partial charge in [-0.25, -0.2) is 4.98 Å². The average Bonchev–Trinajstić information content (AvgIpc) is 3.31. The fourth-order valence-corrected chi connectivity index (χ4v) is 4.88. The third kappa shape index (κ3) is 6.38. The Bertz CT molecular complexity index is 1400. The number of anilines is 1. The Balaban J connectivity index is 1.28. The van der Waals surface area contributed by atoms with Crippen LogP contribution in [0, 0.1) is 0 Å². The summed E-state index contributed by atoms with van der Waals surface area (Å²) < 4.78 is 2.15. The van der Waals surface area contributed by atoms with E-state index in [1.165, 1.54) is 0 Å². The Labute approximate surface area is 231 Å². The molecule has 0 aliphatic carbocycles. The molecule has 200 valence electrons. The van der Waals surface area contributed by atoms with Crippen molar-refractivity contribution in [3.8, 4) is 33.9 Å². The van der Waals surface area contributed by atoms with Gasteiger partial charge in [0.15, 0.2) is 0 Å². The maximum absolute atomic E-state index is 12.7. The van der Waals surface area contributed by atoms with Gasteiger partial charge in [-0.05, 0) is 24.3 Å². The molecule has 2 heterocycles. The van der Waals surface area contributed by atoms with Crippen LogP contribution in [0.5, 0.6) is 0 Å². The zero-order valence-electron chi connectivity index (χ0n) is 22.9. The lowest BCUT2D eigenvalue weighted by Crippen LogP contribution is -2.46. The first-order valence-corrected chi connectivity index (χ1v) is 13.4. The molecule has 39 heavy (non-hydrogen) atoms. The minimum absolute atomic E-state index is 0.00903. The number of hydrogen-bond donors (Lipinski definition) is 1. The monoisotopic (exact) mass is 520 g/mol. The van der Waals surface area contributed by atoms with E-state index in [2.05, 4.69) is 75.5 Å². The summed E-state index contributed by atoms with van der Waals surface area (Å²) in [5.74, 6) is 0.890. The molecule has 0 unspecified atom stereocenters. The van der Waals surface area contributed by atoms with Crippen LogP contribution in [0.4, 0.5) is 5.69 Å². The average molecular weight is 521 g/mol. The molecular weight excluding hydrogens is 484 g/mol. The lowest BCUT2D eigenvalue weighted by molar-refractivity contribution is -0.117. The lowest BCUT2D eigenvalue weighted by atomic mass is 10.1. The second kappa shape index (κ2) is 12.0. The topological polar surface area (TPSA) is 56.6 Å². The summed E-state index contributed by atoms with van der Waals surface area (Å²) in [6, 6.07) is 28.6. The summed E-state index contributed by atoms with van der Waals surface area (Å²) in [5, 5.41) is 3.06. The van der Waals surface area contributed by atoms with Crippen molar-refractivity contribution < 1.29 is 4.79 Å². The zero-order valence-corrected chi connectivity index (χ0v) is 22.9. The molecule has 0 bridgehead atoms. The fraction of sp³-hybridized carbons (Fsp3) is 0.250. The first kappa shape index (κ1) is 26.3. The van der Waals surface area contributed by atoms with E-state index >= 15 is 0 Å². The summed E-state index contributed by atoms with van der Waals surface area (Å²) in [6.45, 7) is 3.98. The molecule has 1 amide bonds. The molecule has 1 saturated heterocycles. The molecule has 0 atom stereocenters. The van der Waals surface area contributed by atoms with Crippen molar-refractivity contribution in [2.45, 2.75) is 0 Å². The Morgan fingerprint density at radius 1 is 0.846 bits per heavy atom. The van der Waals surface area contributed by atoms with Crippen molar-refractivity contribution >= 4 is 11.6 Å². The van der Waals surface area contributed by atoms with Crippen LogP contribution in [0.1, 0.15) is 0 Å². The van der Waals surface area contributed by atoms with Gasteiger partial charge in [-0.15, -0.1) is 0 Å². The quantitative estimate of drug-likeness (QED) is 0.354. The van der Waals surface area contributed by atoms with E-state index in [1.54, 1.807) is 0 Å². The highest BCUT2D eigenvalue weighted by atomic mass is 16.2. The Morgan fingerprint density at radius 2 is 1.46 bits per heavy atom. The van der Waals surface area contributed by atoms with Gasteiger partial charge in [0.05, 0.1) is 17.9 Å². The molecule has 0 spiro atoms. The number of carbonyl (C=O) groups is 1. The molecule has 0 radical (unpaired) electrons. The van der Waals surface area contributed by atoms with Gasteiger partial charge in [-0.3, -0.25) is 9.69 Å². The predicted octanol–water partition coefficient (Wildman–Crippen LogP) is 5.01. The van der Waals surface area contributed by atoms with E-state index < -0.39 is 0 Å². The van der Waals surface area contributed by atoms with Crippen LogP contribution in [0.3, 0.4) is 0 Å². The molecule has 1 N–H and O–H groups in total. The van der Waals surface area contributed by atoms with Crippen LogP contribution in [0.25, 0.3) is 33.9 Å². The summed E-state index contributed by atoms with van der Waals surface area (Å²) in [4.78, 5) is 24.3. The van der Waals surface area contributed by atoms with Gasteiger partial charge in [0.1, 0.15) is 5.82 Å². The van der Waals surface area contributed by atoms with E-state index in [9.17, 15) is 4.79 Å². The molecule has 1 aliphatic heterocycles. The maximum Gasteiger partial charge on any atom is 0.238 e. The highest BCUT2D eigenvalue weighted by Crippen LogP contribution is 2.35. The lowest BCUT2D eigenvalue weighted by Gasteiger charge is -2.33. The van der Waals surface area contributed by atoms with E-state index in [-0.39, 0.29) is 5.91 Å². The molecule has 7 nitrogen and oxygen atoms in total. The van der Waals surface area contributed by atoms with Gasteiger partial charge in [0, 0.05) is 82.1 Å². The van der Waals surface area contributed by atoms with E-state index in [0.717, 1.165) is 65.8 Å². The second-order valence-electron chi connectivity index (χ2n) is 10.1. The highest BCUT2D eigenvalue weighted by molar-refractivity contribution is 5.92. The van der Waals surface area contributed by atoms with Crippen LogP contribution in [-0.2, 0) is 11.8 Å². The number of hydrogen-bond acceptors (Lipinski definition) is 5. The smallest absolute Gasteiger partial charge is 0.238 e. The normalized spacial score (nSPS) is 14.1. The Morgan fingerprint density at radius 3 is 2.08 bits per heavy atom. The number of carbonyl (C=O) groups excluding carboxylic acids is 1. The predicted molar refractivity (Wildman–Crippen MR) is 159 cm³/mol. The van der Waals surface area contributed by atoms with Crippen LogP contribution in [-0.4, -0.2) is 77.0 Å². The first-order chi connectivity index (χ1) is 19.0. The van der Waals surface area contributed by atoms with Crippen molar-refractivity contribution in [3.05, 3.63) is 97.3 Å². The van der Waals surface area contributed by atoms with Gasteiger partial charge < -0.3 is 19.7 Å². The number of nitrogens with zero attached hydrogens (tertiary/aromatic N) is 5. The number of piperazine rings is 1. The van der Waals surface area contributed by atoms with Crippen LogP contribution >= 0.6 is 0 Å². The van der Waals surface area contributed by atoms with E-state index in [4.69, 9.17) is 4.98 Å². The molecule has 7 heteroatoms. The third-order valence-corrected chi connectivity index (χ3v) is 6.97. The fourth-order valence-electron chi connectivity index (χ4n) is 4.88. The summed E-state index contributed by atoms with van der Waals surface area (Å²) in [7, 11) is 6.09. The summed E-state index contributed by atoms with van der Waals surface area (Å²) >= 11 is 0. The molecule has 4 aromatic rings. The minimum Gasteiger partial charge on any atom is -0.382 e. The van der Waals surface area contributed by atoms with Gasteiger partial charge >= 0.3 is 0 Å². The number of nitrogens with one attached hydrogen (secondary N) is 1. The molecule has 5 rings (SSSR count). The Hall–Kier alpha value is -4.36. The van der Waals surface area contributed by atoms with E-state index in [1.807, 2.05) is 67.5 Å². The zero-order chi connectivity index (χ0) is 27.2. The molecule has 1 aromatic heterocycles. The van der Waals surface area contributed by atoms with Crippen LogP contribution < -0.4 is 5.32 Å². The number of imidazole rings is 1. The number of aromatic nitrogens is 2. The molecule has 0 saturated carbocycles. The van der Waals surface area contributed by atoms with Gasteiger partial charge in [-0.1, -0.05) is 60.7 Å². The second-order valence-corrected chi connectivity index (χ2v) is 10.1. The largest absolute Gasteiger partial charge is 0.382 e. The summed E-state index contributed by atoms with van der Waals surface area (Å²) in [5.41, 5.74) is 6.02. The minimum atomic E-state index is 0.00903.